The molecule has 0 fully saturated rings. The summed E-state index contributed by atoms with van der Waals surface area (Å²) in [5.74, 6) is 0.824. The Hall–Kier alpha value is -1.76. The minimum atomic E-state index is 0.369. The third-order valence-corrected chi connectivity index (χ3v) is 4.41. The molecule has 0 radical (unpaired) electrons. The van der Waals surface area contributed by atoms with Gasteiger partial charge in [0.05, 0.1) is 11.6 Å². The largest absolute Gasteiger partial charge is 0.313 e. The fourth-order valence-corrected chi connectivity index (χ4v) is 2.84. The number of hydrogen-bond acceptors (Lipinski definition) is 3. The number of nitriles is 1. The van der Waals surface area contributed by atoms with E-state index >= 15 is 0 Å². The second-order valence-electron chi connectivity index (χ2n) is 4.64. The van der Waals surface area contributed by atoms with E-state index in [1.165, 1.54) is 10.5 Å². The van der Waals surface area contributed by atoms with Crippen LogP contribution >= 0.6 is 11.8 Å². The van der Waals surface area contributed by atoms with Gasteiger partial charge in [-0.1, -0.05) is 30.3 Å². The highest BCUT2D eigenvalue weighted by Gasteiger charge is 2.04. The molecule has 2 aromatic rings. The average Bonchev–Trinajstić information content (AvgIpc) is 2.53. The van der Waals surface area contributed by atoms with Crippen molar-refractivity contribution < 1.29 is 0 Å². The van der Waals surface area contributed by atoms with E-state index in [4.69, 9.17) is 5.26 Å². The summed E-state index contributed by atoms with van der Waals surface area (Å²) in [7, 11) is 1.96. The van der Waals surface area contributed by atoms with Crippen LogP contribution in [0.2, 0.25) is 0 Å². The molecule has 0 saturated heterocycles. The molecule has 0 spiro atoms. The van der Waals surface area contributed by atoms with E-state index in [9.17, 15) is 0 Å². The third-order valence-electron chi connectivity index (χ3n) is 3.35. The van der Waals surface area contributed by atoms with Crippen molar-refractivity contribution in [3.63, 3.8) is 0 Å². The van der Waals surface area contributed by atoms with Crippen molar-refractivity contribution in [1.82, 2.24) is 5.32 Å². The Morgan fingerprint density at radius 2 is 1.85 bits per heavy atom. The Bertz CT molecular complexity index is 599. The van der Waals surface area contributed by atoms with E-state index in [1.807, 2.05) is 31.3 Å². The maximum atomic E-state index is 9.07. The van der Waals surface area contributed by atoms with Crippen LogP contribution in [0.25, 0.3) is 0 Å². The summed E-state index contributed by atoms with van der Waals surface area (Å²) in [6, 6.07) is 19.0. The maximum absolute atomic E-state index is 9.07. The molecule has 0 heterocycles. The lowest BCUT2D eigenvalue weighted by atomic mass is 10.1. The zero-order chi connectivity index (χ0) is 14.4. The molecule has 1 N–H and O–H groups in total. The minimum absolute atomic E-state index is 0.369. The number of nitrogens with zero attached hydrogens (tertiary/aromatic N) is 1. The average molecular weight is 282 g/mol. The predicted molar refractivity (Wildman–Crippen MR) is 84.6 cm³/mol. The van der Waals surface area contributed by atoms with Gasteiger partial charge < -0.3 is 5.32 Å². The summed E-state index contributed by atoms with van der Waals surface area (Å²) in [4.78, 5) is 1.23. The molecular formula is C17H18N2S. The van der Waals surface area contributed by atoms with Crippen molar-refractivity contribution in [3.05, 3.63) is 65.2 Å². The highest BCUT2D eigenvalue weighted by atomic mass is 32.2. The van der Waals surface area contributed by atoms with Gasteiger partial charge in [0.1, 0.15) is 0 Å². The lowest BCUT2D eigenvalue weighted by molar-refractivity contribution is 0.652. The van der Waals surface area contributed by atoms with Gasteiger partial charge in [0.25, 0.3) is 0 Å². The number of benzene rings is 2. The van der Waals surface area contributed by atoms with Gasteiger partial charge in [-0.3, -0.25) is 0 Å². The fourth-order valence-electron chi connectivity index (χ4n) is 1.94. The molecule has 0 amide bonds. The molecule has 0 aliphatic carbocycles. The van der Waals surface area contributed by atoms with Crippen molar-refractivity contribution in [1.29, 1.82) is 5.26 Å². The molecule has 1 atom stereocenters. The monoisotopic (exact) mass is 282 g/mol. The van der Waals surface area contributed by atoms with Crippen LogP contribution in [0.5, 0.6) is 0 Å². The number of hydrogen-bond donors (Lipinski definition) is 1. The Kier molecular flexibility index (Phi) is 5.23. The quantitative estimate of drug-likeness (QED) is 0.838. The molecule has 0 saturated carbocycles. The summed E-state index contributed by atoms with van der Waals surface area (Å²) in [5, 5.41) is 12.3. The summed E-state index contributed by atoms with van der Waals surface area (Å²) >= 11 is 1.76. The molecule has 2 aromatic carbocycles. The van der Waals surface area contributed by atoms with Crippen LogP contribution in [0.1, 0.15) is 29.7 Å². The normalized spacial score (nSPS) is 11.8. The van der Waals surface area contributed by atoms with Gasteiger partial charge in [0.15, 0.2) is 0 Å². The summed E-state index contributed by atoms with van der Waals surface area (Å²) < 4.78 is 0. The molecule has 2 rings (SSSR count). The van der Waals surface area contributed by atoms with Gasteiger partial charge in [0.2, 0.25) is 0 Å². The van der Waals surface area contributed by atoms with Crippen LogP contribution in [0.4, 0.5) is 0 Å². The van der Waals surface area contributed by atoms with Crippen molar-refractivity contribution in [2.24, 2.45) is 0 Å². The van der Waals surface area contributed by atoms with E-state index < -0.39 is 0 Å². The molecular weight excluding hydrogens is 264 g/mol. The summed E-state index contributed by atoms with van der Waals surface area (Å²) in [6.45, 7) is 2.14. The lowest BCUT2D eigenvalue weighted by Gasteiger charge is -2.11. The summed E-state index contributed by atoms with van der Waals surface area (Å²) in [6.07, 6.45) is 0. The molecule has 0 bridgehead atoms. The second kappa shape index (κ2) is 7.14. The zero-order valence-electron chi connectivity index (χ0n) is 11.8. The Balaban J connectivity index is 2.03. The van der Waals surface area contributed by atoms with Gasteiger partial charge in [0, 0.05) is 16.7 Å². The fraction of sp³-hybridized carbons (Fsp3) is 0.235. The van der Waals surface area contributed by atoms with Crippen molar-refractivity contribution >= 4 is 11.8 Å². The van der Waals surface area contributed by atoms with E-state index in [-0.39, 0.29) is 0 Å². The van der Waals surface area contributed by atoms with Gasteiger partial charge in [-0.05, 0) is 43.3 Å². The van der Waals surface area contributed by atoms with Crippen LogP contribution in [-0.4, -0.2) is 7.05 Å². The molecule has 0 aliphatic heterocycles. The first-order valence-corrected chi connectivity index (χ1v) is 7.61. The molecule has 2 nitrogen and oxygen atoms in total. The number of rotatable bonds is 5. The lowest BCUT2D eigenvalue weighted by Crippen LogP contribution is -2.11. The van der Waals surface area contributed by atoms with Crippen LogP contribution < -0.4 is 5.32 Å². The topological polar surface area (TPSA) is 35.8 Å². The molecule has 102 valence electrons. The number of nitrogens with one attached hydrogen (secondary N) is 1. The van der Waals surface area contributed by atoms with Crippen molar-refractivity contribution in [3.8, 4) is 6.07 Å². The highest BCUT2D eigenvalue weighted by molar-refractivity contribution is 7.98. The standard InChI is InChI=1S/C17H18N2S/c1-13(19-2)14-7-9-17(10-8-14)20-12-16-6-4-3-5-15(16)11-18/h3-10,13,19H,12H2,1-2H3. The van der Waals surface area contributed by atoms with E-state index in [0.29, 0.717) is 6.04 Å². The molecule has 0 aromatic heterocycles. The van der Waals surface area contributed by atoms with Crippen LogP contribution in [0.15, 0.2) is 53.4 Å². The van der Waals surface area contributed by atoms with Gasteiger partial charge in [-0.2, -0.15) is 5.26 Å². The van der Waals surface area contributed by atoms with Crippen LogP contribution in [-0.2, 0) is 5.75 Å². The minimum Gasteiger partial charge on any atom is -0.313 e. The maximum Gasteiger partial charge on any atom is 0.0994 e. The first kappa shape index (κ1) is 14.6. The first-order chi connectivity index (χ1) is 9.74. The third kappa shape index (κ3) is 3.63. The Morgan fingerprint density at radius 1 is 1.15 bits per heavy atom. The molecule has 3 heteroatoms. The highest BCUT2D eigenvalue weighted by Crippen LogP contribution is 2.25. The van der Waals surface area contributed by atoms with Gasteiger partial charge in [-0.25, -0.2) is 0 Å². The molecule has 20 heavy (non-hydrogen) atoms. The number of thioether (sulfide) groups is 1. The van der Waals surface area contributed by atoms with Crippen LogP contribution in [0.3, 0.4) is 0 Å². The van der Waals surface area contributed by atoms with Crippen molar-refractivity contribution in [2.75, 3.05) is 7.05 Å². The van der Waals surface area contributed by atoms with Gasteiger partial charge in [-0.15, -0.1) is 11.8 Å². The van der Waals surface area contributed by atoms with Crippen LogP contribution in [0, 0.1) is 11.3 Å². The zero-order valence-corrected chi connectivity index (χ0v) is 12.6. The smallest absolute Gasteiger partial charge is 0.0994 e. The molecule has 0 aliphatic rings. The van der Waals surface area contributed by atoms with E-state index in [0.717, 1.165) is 16.9 Å². The Labute approximate surface area is 124 Å². The van der Waals surface area contributed by atoms with Crippen molar-refractivity contribution in [2.45, 2.75) is 23.6 Å². The first-order valence-electron chi connectivity index (χ1n) is 6.62. The van der Waals surface area contributed by atoms with E-state index in [1.54, 1.807) is 11.8 Å². The van der Waals surface area contributed by atoms with E-state index in [2.05, 4.69) is 42.6 Å². The molecule has 1 unspecified atom stereocenters. The second-order valence-corrected chi connectivity index (χ2v) is 5.69. The predicted octanol–water partition coefficient (Wildman–Crippen LogP) is 4.13. The Morgan fingerprint density at radius 3 is 2.50 bits per heavy atom. The van der Waals surface area contributed by atoms with Gasteiger partial charge >= 0.3 is 0 Å². The SMILES string of the molecule is CNC(C)c1ccc(SCc2ccccc2C#N)cc1. The summed E-state index contributed by atoms with van der Waals surface area (Å²) in [5.41, 5.74) is 3.14.